The summed E-state index contributed by atoms with van der Waals surface area (Å²) in [4.78, 5) is 31.4. The Morgan fingerprint density at radius 1 is 1.16 bits per heavy atom. The highest BCUT2D eigenvalue weighted by atomic mass is 35.5. The summed E-state index contributed by atoms with van der Waals surface area (Å²) < 4.78 is 5.61. The first-order valence-corrected chi connectivity index (χ1v) is 10.9. The van der Waals surface area contributed by atoms with E-state index in [-0.39, 0.29) is 30.1 Å². The Hall–Kier alpha value is -3.39. The number of hydrogen-bond donors (Lipinski definition) is 2. The lowest BCUT2D eigenvalue weighted by atomic mass is 9.97. The number of H-pyrrole nitrogens is 1. The minimum absolute atomic E-state index is 0.0164. The molecule has 2 heterocycles. The number of rotatable bonds is 7. The fourth-order valence-corrected chi connectivity index (χ4v) is 3.88. The Balaban J connectivity index is 1.29. The summed E-state index contributed by atoms with van der Waals surface area (Å²) in [6.45, 7) is 1.32. The van der Waals surface area contributed by atoms with Crippen LogP contribution in [0.1, 0.15) is 19.3 Å². The normalized spacial score (nSPS) is 15.9. The first-order valence-electron chi connectivity index (χ1n) is 10.5. The Morgan fingerprint density at radius 2 is 1.94 bits per heavy atom. The van der Waals surface area contributed by atoms with E-state index in [1.54, 1.807) is 11.0 Å². The highest BCUT2D eigenvalue weighted by Crippen LogP contribution is 2.25. The number of anilines is 1. The highest BCUT2D eigenvalue weighted by Gasteiger charge is 2.29. The van der Waals surface area contributed by atoms with Crippen LogP contribution in [0.25, 0.3) is 11.4 Å². The van der Waals surface area contributed by atoms with E-state index in [1.807, 2.05) is 48.5 Å². The smallest absolute Gasteiger partial charge is 0.249 e. The van der Waals surface area contributed by atoms with Gasteiger partial charge in [0.05, 0.1) is 24.0 Å². The molecule has 1 aliphatic heterocycles. The first kappa shape index (κ1) is 21.8. The SMILES string of the molecule is O=C(Nc1n[nH]c(-c2ccccc2Cl)n1)C1CCCN(C(=O)CCOc2ccccc2)C1. The van der Waals surface area contributed by atoms with Gasteiger partial charge in [-0.05, 0) is 37.1 Å². The van der Waals surface area contributed by atoms with Crippen molar-refractivity contribution >= 4 is 29.4 Å². The predicted octanol–water partition coefficient (Wildman–Crippen LogP) is 3.77. The number of aromatic amines is 1. The number of para-hydroxylation sites is 1. The van der Waals surface area contributed by atoms with Crippen molar-refractivity contribution in [1.29, 1.82) is 0 Å². The number of ether oxygens (including phenoxy) is 1. The molecule has 1 fully saturated rings. The van der Waals surface area contributed by atoms with Crippen molar-refractivity contribution < 1.29 is 14.3 Å². The van der Waals surface area contributed by atoms with Gasteiger partial charge in [-0.25, -0.2) is 0 Å². The van der Waals surface area contributed by atoms with E-state index in [9.17, 15) is 9.59 Å². The van der Waals surface area contributed by atoms with Crippen molar-refractivity contribution in [3.8, 4) is 17.1 Å². The number of likely N-dealkylation sites (tertiary alicyclic amines) is 1. The zero-order chi connectivity index (χ0) is 22.3. The van der Waals surface area contributed by atoms with Gasteiger partial charge in [0, 0.05) is 18.7 Å². The third-order valence-corrected chi connectivity index (χ3v) is 5.65. The van der Waals surface area contributed by atoms with Crippen LogP contribution in [0.3, 0.4) is 0 Å². The molecule has 1 saturated heterocycles. The van der Waals surface area contributed by atoms with Crippen LogP contribution in [-0.2, 0) is 9.59 Å². The number of nitrogens with zero attached hydrogens (tertiary/aromatic N) is 3. The van der Waals surface area contributed by atoms with Gasteiger partial charge in [0.2, 0.25) is 17.8 Å². The van der Waals surface area contributed by atoms with Gasteiger partial charge in [0.1, 0.15) is 5.75 Å². The zero-order valence-corrected chi connectivity index (χ0v) is 18.2. The molecule has 0 saturated carbocycles. The van der Waals surface area contributed by atoms with Gasteiger partial charge in [0.15, 0.2) is 5.82 Å². The zero-order valence-electron chi connectivity index (χ0n) is 17.5. The van der Waals surface area contributed by atoms with Crippen LogP contribution in [-0.4, -0.2) is 51.6 Å². The molecule has 0 aliphatic carbocycles. The van der Waals surface area contributed by atoms with Crippen molar-refractivity contribution in [2.75, 3.05) is 25.0 Å². The minimum atomic E-state index is -0.315. The molecule has 1 aromatic heterocycles. The van der Waals surface area contributed by atoms with E-state index in [0.29, 0.717) is 42.5 Å². The van der Waals surface area contributed by atoms with Crippen molar-refractivity contribution in [2.45, 2.75) is 19.3 Å². The molecule has 1 aliphatic rings. The summed E-state index contributed by atoms with van der Waals surface area (Å²) in [6.07, 6.45) is 1.74. The molecule has 0 radical (unpaired) electrons. The molecule has 4 rings (SSSR count). The minimum Gasteiger partial charge on any atom is -0.493 e. The van der Waals surface area contributed by atoms with Crippen LogP contribution in [0.2, 0.25) is 5.02 Å². The maximum atomic E-state index is 12.8. The van der Waals surface area contributed by atoms with Crippen molar-refractivity contribution in [3.05, 3.63) is 59.6 Å². The molecular weight excluding hydrogens is 430 g/mol. The number of amides is 2. The highest BCUT2D eigenvalue weighted by molar-refractivity contribution is 6.33. The monoisotopic (exact) mass is 453 g/mol. The second kappa shape index (κ2) is 10.3. The molecule has 0 spiro atoms. The van der Waals surface area contributed by atoms with Gasteiger partial charge in [-0.2, -0.15) is 4.98 Å². The summed E-state index contributed by atoms with van der Waals surface area (Å²) in [6, 6.07) is 16.6. The fourth-order valence-electron chi connectivity index (χ4n) is 3.65. The van der Waals surface area contributed by atoms with Gasteiger partial charge < -0.3 is 9.64 Å². The Bertz CT molecular complexity index is 1070. The van der Waals surface area contributed by atoms with Crippen LogP contribution in [0, 0.1) is 5.92 Å². The van der Waals surface area contributed by atoms with Crippen molar-refractivity contribution in [1.82, 2.24) is 20.1 Å². The summed E-state index contributed by atoms with van der Waals surface area (Å²) >= 11 is 6.19. The number of carbonyl (C=O) groups excluding carboxylic acids is 2. The maximum absolute atomic E-state index is 12.8. The Kier molecular flexibility index (Phi) is 7.01. The van der Waals surface area contributed by atoms with E-state index in [0.717, 1.165) is 12.2 Å². The number of nitrogens with one attached hydrogen (secondary N) is 2. The quantitative estimate of drug-likeness (QED) is 0.567. The molecule has 32 heavy (non-hydrogen) atoms. The lowest BCUT2D eigenvalue weighted by Crippen LogP contribution is -2.44. The predicted molar refractivity (Wildman–Crippen MR) is 121 cm³/mol. The largest absolute Gasteiger partial charge is 0.493 e. The molecule has 9 heteroatoms. The third kappa shape index (κ3) is 5.45. The average Bonchev–Trinajstić information content (AvgIpc) is 3.28. The number of hydrogen-bond acceptors (Lipinski definition) is 5. The topological polar surface area (TPSA) is 100 Å². The van der Waals surface area contributed by atoms with E-state index in [2.05, 4.69) is 20.5 Å². The summed E-state index contributed by atoms with van der Waals surface area (Å²) in [7, 11) is 0. The Morgan fingerprint density at radius 3 is 2.75 bits per heavy atom. The van der Waals surface area contributed by atoms with Crippen LogP contribution in [0.5, 0.6) is 5.75 Å². The molecule has 2 aromatic carbocycles. The first-order chi connectivity index (χ1) is 15.6. The maximum Gasteiger partial charge on any atom is 0.249 e. The molecule has 1 atom stereocenters. The van der Waals surface area contributed by atoms with Crippen molar-refractivity contribution in [2.24, 2.45) is 5.92 Å². The van der Waals surface area contributed by atoms with E-state index in [4.69, 9.17) is 16.3 Å². The van der Waals surface area contributed by atoms with Crippen molar-refractivity contribution in [3.63, 3.8) is 0 Å². The van der Waals surface area contributed by atoms with Gasteiger partial charge in [0.25, 0.3) is 0 Å². The van der Waals surface area contributed by atoms with Gasteiger partial charge in [-0.3, -0.25) is 20.0 Å². The second-order valence-corrected chi connectivity index (χ2v) is 7.97. The third-order valence-electron chi connectivity index (χ3n) is 5.32. The fraction of sp³-hybridized carbons (Fsp3) is 0.304. The standard InChI is InChI=1S/C23H24ClN5O3/c24-19-11-5-4-10-18(19)21-25-23(28-27-21)26-22(31)16-7-6-13-29(15-16)20(30)12-14-32-17-8-2-1-3-9-17/h1-5,8-11,16H,6-7,12-15H2,(H2,25,26,27,28,31). The molecule has 8 nitrogen and oxygen atoms in total. The van der Waals surface area contributed by atoms with Crippen LogP contribution < -0.4 is 10.1 Å². The molecule has 0 bridgehead atoms. The summed E-state index contributed by atoms with van der Waals surface area (Å²) in [5.74, 6) is 0.864. The summed E-state index contributed by atoms with van der Waals surface area (Å²) in [5.41, 5.74) is 0.703. The van der Waals surface area contributed by atoms with Gasteiger partial charge in [-0.15, -0.1) is 5.10 Å². The van der Waals surface area contributed by atoms with E-state index >= 15 is 0 Å². The number of halogens is 1. The number of piperidine rings is 1. The lowest BCUT2D eigenvalue weighted by Gasteiger charge is -2.31. The van der Waals surface area contributed by atoms with E-state index < -0.39 is 0 Å². The molecule has 3 aromatic rings. The van der Waals surface area contributed by atoms with Gasteiger partial charge in [-0.1, -0.05) is 41.9 Å². The number of aromatic nitrogens is 3. The molecule has 2 amide bonds. The van der Waals surface area contributed by atoms with Crippen LogP contribution in [0.4, 0.5) is 5.95 Å². The lowest BCUT2D eigenvalue weighted by molar-refractivity contribution is -0.135. The molecular formula is C23H24ClN5O3. The summed E-state index contributed by atoms with van der Waals surface area (Å²) in [5, 5.41) is 10.2. The second-order valence-electron chi connectivity index (χ2n) is 7.57. The van der Waals surface area contributed by atoms with Crippen LogP contribution >= 0.6 is 11.6 Å². The van der Waals surface area contributed by atoms with E-state index in [1.165, 1.54) is 0 Å². The average molecular weight is 454 g/mol. The number of carbonyl (C=O) groups is 2. The Labute approximate surface area is 190 Å². The molecule has 166 valence electrons. The number of benzene rings is 2. The van der Waals surface area contributed by atoms with Crippen LogP contribution in [0.15, 0.2) is 54.6 Å². The molecule has 2 N–H and O–H groups in total. The van der Waals surface area contributed by atoms with Gasteiger partial charge >= 0.3 is 0 Å². The molecule has 1 unspecified atom stereocenters.